The minimum Gasteiger partial charge on any atom is -0.467 e. The third-order valence-electron chi connectivity index (χ3n) is 4.51. The number of furan rings is 1. The van der Waals surface area contributed by atoms with E-state index in [0.717, 1.165) is 24.9 Å². The van der Waals surface area contributed by atoms with Crippen LogP contribution in [0.1, 0.15) is 41.9 Å². The zero-order chi connectivity index (χ0) is 17.3. The van der Waals surface area contributed by atoms with E-state index in [4.69, 9.17) is 4.42 Å². The van der Waals surface area contributed by atoms with Gasteiger partial charge in [-0.3, -0.25) is 4.79 Å². The minimum absolute atomic E-state index is 0.113. The molecule has 1 aromatic heterocycles. The fraction of sp³-hybridized carbons (Fsp3) is 0.389. The van der Waals surface area contributed by atoms with E-state index in [0.29, 0.717) is 18.0 Å². The predicted octanol–water partition coefficient (Wildman–Crippen LogP) is 3.30. The second kappa shape index (κ2) is 6.43. The molecule has 24 heavy (non-hydrogen) atoms. The Labute approximate surface area is 142 Å². The summed E-state index contributed by atoms with van der Waals surface area (Å²) in [5.41, 5.74) is 0.393. The van der Waals surface area contributed by atoms with E-state index in [9.17, 15) is 13.2 Å². The first-order chi connectivity index (χ1) is 11.4. The Morgan fingerprint density at radius 2 is 2.04 bits per heavy atom. The van der Waals surface area contributed by atoms with Gasteiger partial charge in [0, 0.05) is 18.4 Å². The van der Waals surface area contributed by atoms with Crippen molar-refractivity contribution in [2.75, 3.05) is 12.8 Å². The molecule has 1 aromatic carbocycles. The van der Waals surface area contributed by atoms with Crippen LogP contribution in [0.3, 0.4) is 0 Å². The molecule has 0 unspecified atom stereocenters. The zero-order valence-electron chi connectivity index (χ0n) is 13.8. The summed E-state index contributed by atoms with van der Waals surface area (Å²) in [6, 6.07) is 9.82. The lowest BCUT2D eigenvalue weighted by atomic mass is 9.90. The smallest absolute Gasteiger partial charge is 0.254 e. The van der Waals surface area contributed by atoms with Gasteiger partial charge in [-0.1, -0.05) is 13.0 Å². The van der Waals surface area contributed by atoms with E-state index in [1.54, 1.807) is 23.3 Å². The van der Waals surface area contributed by atoms with Gasteiger partial charge in [-0.15, -0.1) is 0 Å². The van der Waals surface area contributed by atoms with Crippen molar-refractivity contribution < 1.29 is 17.6 Å². The summed E-state index contributed by atoms with van der Waals surface area (Å²) in [4.78, 5) is 14.9. The Balaban J connectivity index is 1.93. The number of hydrogen-bond acceptors (Lipinski definition) is 4. The molecule has 2 heterocycles. The van der Waals surface area contributed by atoms with Gasteiger partial charge in [0.25, 0.3) is 5.91 Å². The normalized spacial score (nSPS) is 21.7. The van der Waals surface area contributed by atoms with Crippen molar-refractivity contribution in [3.05, 3.63) is 54.0 Å². The first-order valence-corrected chi connectivity index (χ1v) is 9.90. The minimum atomic E-state index is -3.34. The van der Waals surface area contributed by atoms with Crippen LogP contribution in [0, 0.1) is 5.92 Å². The van der Waals surface area contributed by atoms with Crippen LogP contribution >= 0.6 is 0 Å². The van der Waals surface area contributed by atoms with E-state index in [2.05, 4.69) is 6.92 Å². The van der Waals surface area contributed by atoms with E-state index >= 15 is 0 Å². The van der Waals surface area contributed by atoms with Gasteiger partial charge >= 0.3 is 0 Å². The number of benzene rings is 1. The molecule has 3 rings (SSSR count). The maximum Gasteiger partial charge on any atom is 0.254 e. The van der Waals surface area contributed by atoms with Crippen LogP contribution in [0.5, 0.6) is 0 Å². The van der Waals surface area contributed by atoms with Gasteiger partial charge in [-0.05, 0) is 49.1 Å². The summed E-state index contributed by atoms with van der Waals surface area (Å²) in [6.45, 7) is 2.80. The Kier molecular flexibility index (Phi) is 4.49. The number of carbonyl (C=O) groups is 1. The summed E-state index contributed by atoms with van der Waals surface area (Å²) in [5, 5.41) is 0. The second-order valence-corrected chi connectivity index (χ2v) is 8.48. The highest BCUT2D eigenvalue weighted by Gasteiger charge is 2.33. The monoisotopic (exact) mass is 347 g/mol. The molecule has 0 aliphatic carbocycles. The standard InChI is InChI=1S/C18H21NO4S/c1-13-8-9-19(16(11-13)17-7-4-10-23-17)18(20)14-5-3-6-15(12-14)24(2,21)22/h3-7,10,12-13,16H,8-9,11H2,1-2H3/t13-,16+/m1/s1. The molecule has 1 aliphatic rings. The molecule has 1 saturated heterocycles. The number of rotatable bonds is 3. The number of nitrogens with zero attached hydrogens (tertiary/aromatic N) is 1. The quantitative estimate of drug-likeness (QED) is 0.854. The van der Waals surface area contributed by atoms with E-state index in [1.165, 1.54) is 12.1 Å². The maximum absolute atomic E-state index is 13.0. The zero-order valence-corrected chi connectivity index (χ0v) is 14.6. The number of amides is 1. The molecule has 0 N–H and O–H groups in total. The Morgan fingerprint density at radius 3 is 2.71 bits per heavy atom. The molecule has 0 spiro atoms. The molecule has 2 aromatic rings. The Bertz CT molecular complexity index is 826. The molecule has 6 heteroatoms. The van der Waals surface area contributed by atoms with Gasteiger partial charge in [-0.2, -0.15) is 0 Å². The summed E-state index contributed by atoms with van der Waals surface area (Å²) in [5.74, 6) is 1.12. The number of likely N-dealkylation sites (tertiary alicyclic amines) is 1. The first kappa shape index (κ1) is 16.8. The SMILES string of the molecule is C[C@@H]1CCN(C(=O)c2cccc(S(C)(=O)=O)c2)[C@H](c2ccco2)C1. The Hall–Kier alpha value is -2.08. The number of piperidine rings is 1. The van der Waals surface area contributed by atoms with Crippen molar-refractivity contribution in [2.24, 2.45) is 5.92 Å². The molecule has 128 valence electrons. The molecule has 1 aliphatic heterocycles. The molecule has 0 bridgehead atoms. The van der Waals surface area contributed by atoms with Crippen LogP contribution in [0.4, 0.5) is 0 Å². The lowest BCUT2D eigenvalue weighted by Crippen LogP contribution is -2.40. The van der Waals surface area contributed by atoms with Gasteiger partial charge in [0.05, 0.1) is 17.2 Å². The molecular weight excluding hydrogens is 326 g/mol. The average molecular weight is 347 g/mol. The number of sulfone groups is 1. The van der Waals surface area contributed by atoms with Crippen molar-refractivity contribution in [1.29, 1.82) is 0 Å². The molecule has 1 amide bonds. The summed E-state index contributed by atoms with van der Waals surface area (Å²) < 4.78 is 29.0. The van der Waals surface area contributed by atoms with Crippen molar-refractivity contribution >= 4 is 15.7 Å². The van der Waals surface area contributed by atoms with Crippen LogP contribution in [0.25, 0.3) is 0 Å². The van der Waals surface area contributed by atoms with Crippen LogP contribution in [0.2, 0.25) is 0 Å². The summed E-state index contributed by atoms with van der Waals surface area (Å²) in [6.07, 6.45) is 4.52. The highest BCUT2D eigenvalue weighted by atomic mass is 32.2. The van der Waals surface area contributed by atoms with Crippen molar-refractivity contribution in [2.45, 2.75) is 30.7 Å². The van der Waals surface area contributed by atoms with Crippen LogP contribution < -0.4 is 0 Å². The highest BCUT2D eigenvalue weighted by Crippen LogP contribution is 2.35. The van der Waals surface area contributed by atoms with Gasteiger partial charge in [-0.25, -0.2) is 8.42 Å². The van der Waals surface area contributed by atoms with Gasteiger partial charge < -0.3 is 9.32 Å². The predicted molar refractivity (Wildman–Crippen MR) is 90.4 cm³/mol. The Morgan fingerprint density at radius 1 is 1.25 bits per heavy atom. The van der Waals surface area contributed by atoms with E-state index < -0.39 is 9.84 Å². The van der Waals surface area contributed by atoms with Gasteiger partial charge in [0.1, 0.15) is 5.76 Å². The summed E-state index contributed by atoms with van der Waals surface area (Å²) in [7, 11) is -3.34. The number of hydrogen-bond donors (Lipinski definition) is 0. The summed E-state index contributed by atoms with van der Waals surface area (Å²) >= 11 is 0. The maximum atomic E-state index is 13.0. The fourth-order valence-electron chi connectivity index (χ4n) is 3.16. The van der Waals surface area contributed by atoms with Crippen LogP contribution in [0.15, 0.2) is 52.0 Å². The largest absolute Gasteiger partial charge is 0.467 e. The number of carbonyl (C=O) groups excluding carboxylic acids is 1. The molecule has 2 atom stereocenters. The fourth-order valence-corrected chi connectivity index (χ4v) is 3.83. The first-order valence-electron chi connectivity index (χ1n) is 8.01. The van der Waals surface area contributed by atoms with Gasteiger partial charge in [0.2, 0.25) is 0 Å². The molecule has 5 nitrogen and oxygen atoms in total. The van der Waals surface area contributed by atoms with E-state index in [1.807, 2.05) is 12.1 Å². The van der Waals surface area contributed by atoms with Gasteiger partial charge in [0.15, 0.2) is 9.84 Å². The third kappa shape index (κ3) is 3.38. The van der Waals surface area contributed by atoms with Crippen LogP contribution in [-0.2, 0) is 9.84 Å². The van der Waals surface area contributed by atoms with Crippen LogP contribution in [-0.4, -0.2) is 32.0 Å². The lowest BCUT2D eigenvalue weighted by molar-refractivity contribution is 0.0520. The second-order valence-electron chi connectivity index (χ2n) is 6.46. The van der Waals surface area contributed by atoms with Crippen molar-refractivity contribution in [3.8, 4) is 0 Å². The topological polar surface area (TPSA) is 67.6 Å². The van der Waals surface area contributed by atoms with Crippen molar-refractivity contribution in [1.82, 2.24) is 4.90 Å². The molecule has 1 fully saturated rings. The molecule has 0 saturated carbocycles. The third-order valence-corrected chi connectivity index (χ3v) is 5.62. The molecular formula is C18H21NO4S. The lowest BCUT2D eigenvalue weighted by Gasteiger charge is -2.37. The molecule has 0 radical (unpaired) electrons. The van der Waals surface area contributed by atoms with E-state index in [-0.39, 0.29) is 16.8 Å². The average Bonchev–Trinajstić information content (AvgIpc) is 3.08. The highest BCUT2D eigenvalue weighted by molar-refractivity contribution is 7.90. The van der Waals surface area contributed by atoms with Crippen molar-refractivity contribution in [3.63, 3.8) is 0 Å².